The molecule has 2 fully saturated rings. The number of methoxy groups -OCH3 is 1. The van der Waals surface area contributed by atoms with Crippen molar-refractivity contribution in [3.63, 3.8) is 0 Å². The number of carbonyl (C=O) groups is 2. The van der Waals surface area contributed by atoms with E-state index in [1.165, 1.54) is 0 Å². The van der Waals surface area contributed by atoms with Crippen molar-refractivity contribution in [1.82, 2.24) is 4.31 Å². The van der Waals surface area contributed by atoms with Crippen LogP contribution in [0.15, 0.2) is 17.0 Å². The Bertz CT molecular complexity index is 872. The van der Waals surface area contributed by atoms with E-state index >= 15 is 0 Å². The highest BCUT2D eigenvalue weighted by Gasteiger charge is 2.43. The molecule has 2 aliphatic rings. The molecule has 0 spiro atoms. The Morgan fingerprint density at radius 3 is 2.70 bits per heavy atom. The first-order valence-electron chi connectivity index (χ1n) is 8.47. The van der Waals surface area contributed by atoms with Crippen molar-refractivity contribution < 1.29 is 36.3 Å². The minimum atomic E-state index is -4.29. The summed E-state index contributed by atoms with van der Waals surface area (Å²) < 4.78 is 64.9. The standard InChI is InChI=1S/C17H19F2NO6S/c1-25-17(22)12-7-10(8-13(18)16(12)19)27(23,24)20-5-6-26-9-14(20)11-3-2-4-15(11)21/h7-8,11,14H,2-6,9H2,1H3/t11-,14-/m1/s1. The lowest BCUT2D eigenvalue weighted by Gasteiger charge is -2.37. The number of halogens is 2. The molecule has 0 amide bonds. The summed E-state index contributed by atoms with van der Waals surface area (Å²) in [5, 5.41) is 0. The number of rotatable bonds is 4. The first-order chi connectivity index (χ1) is 12.8. The van der Waals surface area contributed by atoms with Gasteiger partial charge in [0, 0.05) is 18.9 Å². The highest BCUT2D eigenvalue weighted by Crippen LogP contribution is 2.33. The number of Topliss-reactive ketones (excluding diaryl/α,β-unsaturated/α-hetero) is 1. The zero-order chi connectivity index (χ0) is 19.8. The molecule has 3 rings (SSSR count). The monoisotopic (exact) mass is 403 g/mol. The molecule has 7 nitrogen and oxygen atoms in total. The summed E-state index contributed by atoms with van der Waals surface area (Å²) in [5.74, 6) is -4.67. The first kappa shape index (κ1) is 19.8. The van der Waals surface area contributed by atoms with Crippen LogP contribution >= 0.6 is 0 Å². The Labute approximate surface area is 155 Å². The second kappa shape index (κ2) is 7.61. The lowest BCUT2D eigenvalue weighted by atomic mass is 9.97. The summed E-state index contributed by atoms with van der Waals surface area (Å²) in [6, 6.07) is 0.566. The number of nitrogens with zero attached hydrogens (tertiary/aromatic N) is 1. The third-order valence-corrected chi connectivity index (χ3v) is 6.85. The van der Waals surface area contributed by atoms with E-state index in [0.717, 1.165) is 17.5 Å². The van der Waals surface area contributed by atoms with E-state index in [0.29, 0.717) is 25.3 Å². The van der Waals surface area contributed by atoms with Crippen molar-refractivity contribution in [1.29, 1.82) is 0 Å². The van der Waals surface area contributed by atoms with Gasteiger partial charge in [-0.2, -0.15) is 4.31 Å². The van der Waals surface area contributed by atoms with Gasteiger partial charge in [0.1, 0.15) is 5.78 Å². The van der Waals surface area contributed by atoms with Crippen LogP contribution < -0.4 is 0 Å². The highest BCUT2D eigenvalue weighted by molar-refractivity contribution is 7.89. The summed E-state index contributed by atoms with van der Waals surface area (Å²) >= 11 is 0. The number of morpholine rings is 1. The van der Waals surface area contributed by atoms with Crippen molar-refractivity contribution >= 4 is 21.8 Å². The average molecular weight is 403 g/mol. The number of esters is 1. The molecule has 1 aromatic carbocycles. The molecule has 1 saturated heterocycles. The fraction of sp³-hybridized carbons (Fsp3) is 0.529. The smallest absolute Gasteiger partial charge is 0.341 e. The third-order valence-electron chi connectivity index (χ3n) is 4.94. The molecule has 0 radical (unpaired) electrons. The molecule has 1 aromatic rings. The van der Waals surface area contributed by atoms with Crippen LogP contribution in [0.25, 0.3) is 0 Å². The number of ether oxygens (including phenoxy) is 2. The van der Waals surface area contributed by atoms with Gasteiger partial charge in [-0.3, -0.25) is 4.79 Å². The van der Waals surface area contributed by atoms with Gasteiger partial charge in [-0.15, -0.1) is 0 Å². The predicted octanol–water partition coefficient (Wildman–Crippen LogP) is 1.51. The van der Waals surface area contributed by atoms with Crippen molar-refractivity contribution in [2.24, 2.45) is 5.92 Å². The Morgan fingerprint density at radius 1 is 1.33 bits per heavy atom. The van der Waals surface area contributed by atoms with Gasteiger partial charge in [-0.1, -0.05) is 0 Å². The molecular weight excluding hydrogens is 384 g/mol. The first-order valence-corrected chi connectivity index (χ1v) is 9.91. The molecule has 2 atom stereocenters. The van der Waals surface area contributed by atoms with Crippen LogP contribution in [0.3, 0.4) is 0 Å². The average Bonchev–Trinajstić information content (AvgIpc) is 3.08. The number of ketones is 1. The molecule has 0 unspecified atom stereocenters. The minimum Gasteiger partial charge on any atom is -0.465 e. The zero-order valence-corrected chi connectivity index (χ0v) is 15.4. The summed E-state index contributed by atoms with van der Waals surface area (Å²) in [6.07, 6.45) is 1.60. The van der Waals surface area contributed by atoms with Crippen LogP contribution in [-0.4, -0.2) is 57.4 Å². The Hall–Kier alpha value is -1.91. The summed E-state index contributed by atoms with van der Waals surface area (Å²) in [6.45, 7) is 0.136. The molecule has 1 heterocycles. The molecular formula is C17H19F2NO6S. The van der Waals surface area contributed by atoms with Crippen molar-refractivity contribution in [2.75, 3.05) is 26.9 Å². The normalized spacial score (nSPS) is 24.2. The second-order valence-corrected chi connectivity index (χ2v) is 8.37. The molecule has 1 aliphatic heterocycles. The highest BCUT2D eigenvalue weighted by atomic mass is 32.2. The lowest BCUT2D eigenvalue weighted by molar-refractivity contribution is -0.123. The van der Waals surface area contributed by atoms with E-state index in [1.807, 2.05) is 0 Å². The topological polar surface area (TPSA) is 90.0 Å². The van der Waals surface area contributed by atoms with Crippen molar-refractivity contribution in [2.45, 2.75) is 30.2 Å². The Morgan fingerprint density at radius 2 is 2.07 bits per heavy atom. The largest absolute Gasteiger partial charge is 0.465 e. The van der Waals surface area contributed by atoms with Gasteiger partial charge in [0.05, 0.1) is 36.8 Å². The van der Waals surface area contributed by atoms with Crippen LogP contribution in [0.4, 0.5) is 8.78 Å². The van der Waals surface area contributed by atoms with Crippen LogP contribution in [0.5, 0.6) is 0 Å². The molecule has 10 heteroatoms. The Balaban J connectivity index is 2.03. The van der Waals surface area contributed by atoms with Crippen LogP contribution in [0, 0.1) is 17.6 Å². The zero-order valence-electron chi connectivity index (χ0n) is 14.6. The maximum Gasteiger partial charge on any atom is 0.341 e. The van der Waals surface area contributed by atoms with Gasteiger partial charge in [0.15, 0.2) is 11.6 Å². The van der Waals surface area contributed by atoms with E-state index in [-0.39, 0.29) is 25.5 Å². The molecule has 0 bridgehead atoms. The molecule has 1 aliphatic carbocycles. The number of hydrogen-bond donors (Lipinski definition) is 0. The second-order valence-electron chi connectivity index (χ2n) is 6.48. The maximum absolute atomic E-state index is 13.9. The SMILES string of the molecule is COC(=O)c1cc(S(=O)(=O)N2CCOC[C@@H]2[C@H]2CCCC2=O)cc(F)c1F. The number of carbonyl (C=O) groups excluding carboxylic acids is 2. The van der Waals surface area contributed by atoms with E-state index in [2.05, 4.69) is 4.74 Å². The van der Waals surface area contributed by atoms with Gasteiger partial charge in [-0.25, -0.2) is 22.0 Å². The van der Waals surface area contributed by atoms with E-state index in [9.17, 15) is 26.8 Å². The number of sulfonamides is 1. The predicted molar refractivity (Wildman–Crippen MR) is 88.5 cm³/mol. The fourth-order valence-corrected chi connectivity index (χ4v) is 5.25. The summed E-state index contributed by atoms with van der Waals surface area (Å²) in [5.41, 5.74) is -0.808. The van der Waals surface area contributed by atoms with Gasteiger partial charge >= 0.3 is 5.97 Å². The van der Waals surface area contributed by atoms with Gasteiger partial charge in [0.2, 0.25) is 10.0 Å². The molecule has 0 N–H and O–H groups in total. The van der Waals surface area contributed by atoms with E-state index in [4.69, 9.17) is 4.74 Å². The van der Waals surface area contributed by atoms with Gasteiger partial charge in [-0.05, 0) is 25.0 Å². The molecule has 148 valence electrons. The molecule has 1 saturated carbocycles. The lowest BCUT2D eigenvalue weighted by Crippen LogP contribution is -2.52. The molecule has 27 heavy (non-hydrogen) atoms. The van der Waals surface area contributed by atoms with Crippen LogP contribution in [0.2, 0.25) is 0 Å². The fourth-order valence-electron chi connectivity index (χ4n) is 3.58. The summed E-state index contributed by atoms with van der Waals surface area (Å²) in [4.78, 5) is 23.2. The maximum atomic E-state index is 13.9. The summed E-state index contributed by atoms with van der Waals surface area (Å²) in [7, 11) is -3.31. The van der Waals surface area contributed by atoms with Gasteiger partial charge in [0.25, 0.3) is 0 Å². The Kier molecular flexibility index (Phi) is 5.59. The van der Waals surface area contributed by atoms with Crippen LogP contribution in [-0.2, 0) is 24.3 Å². The van der Waals surface area contributed by atoms with Crippen molar-refractivity contribution in [3.05, 3.63) is 29.3 Å². The number of benzene rings is 1. The van der Waals surface area contributed by atoms with E-state index in [1.54, 1.807) is 0 Å². The van der Waals surface area contributed by atoms with Crippen LogP contribution in [0.1, 0.15) is 29.6 Å². The number of hydrogen-bond acceptors (Lipinski definition) is 6. The minimum absolute atomic E-state index is 0.0245. The van der Waals surface area contributed by atoms with Gasteiger partial charge < -0.3 is 9.47 Å². The third kappa shape index (κ3) is 3.61. The van der Waals surface area contributed by atoms with Crippen molar-refractivity contribution in [3.8, 4) is 0 Å². The van der Waals surface area contributed by atoms with E-state index < -0.39 is 50.0 Å². The quantitative estimate of drug-likeness (QED) is 0.708. The molecule has 0 aromatic heterocycles.